The second kappa shape index (κ2) is 5.78. The van der Waals surface area contributed by atoms with Gasteiger partial charge in [0.25, 0.3) is 0 Å². The number of methoxy groups -OCH3 is 1. The molecule has 0 saturated heterocycles. The van der Waals surface area contributed by atoms with E-state index in [1.54, 1.807) is 16.8 Å². The molecule has 6 nitrogen and oxygen atoms in total. The van der Waals surface area contributed by atoms with Crippen LogP contribution in [0.4, 0.5) is 0 Å². The smallest absolute Gasteiger partial charge is 0.311 e. The highest BCUT2D eigenvalue weighted by atomic mass is 16.5. The number of benzene rings is 1. The SMILES string of the molecule is COC(=O)Cc1cnnn1Cc1ccccc1C#N. The first-order valence-corrected chi connectivity index (χ1v) is 5.66. The summed E-state index contributed by atoms with van der Waals surface area (Å²) in [5, 5.41) is 16.7. The van der Waals surface area contributed by atoms with Gasteiger partial charge < -0.3 is 4.74 Å². The molecule has 0 aliphatic carbocycles. The normalized spacial score (nSPS) is 9.89. The summed E-state index contributed by atoms with van der Waals surface area (Å²) in [4.78, 5) is 11.3. The van der Waals surface area contributed by atoms with Crippen molar-refractivity contribution in [3.8, 4) is 6.07 Å². The van der Waals surface area contributed by atoms with Crippen LogP contribution in [0.25, 0.3) is 0 Å². The lowest BCUT2D eigenvalue weighted by Crippen LogP contribution is -2.12. The van der Waals surface area contributed by atoms with Crippen molar-refractivity contribution in [3.63, 3.8) is 0 Å². The summed E-state index contributed by atoms with van der Waals surface area (Å²) in [5.74, 6) is -0.350. The molecule has 2 rings (SSSR count). The topological polar surface area (TPSA) is 80.8 Å². The van der Waals surface area contributed by atoms with Gasteiger partial charge in [-0.05, 0) is 11.6 Å². The molecule has 0 atom stereocenters. The van der Waals surface area contributed by atoms with Gasteiger partial charge in [-0.25, -0.2) is 4.68 Å². The standard InChI is InChI=1S/C13H12N4O2/c1-19-13(18)6-12-8-15-16-17(12)9-11-5-3-2-4-10(11)7-14/h2-5,8H,6,9H2,1H3. The van der Waals surface area contributed by atoms with Gasteiger partial charge in [0, 0.05) is 0 Å². The van der Waals surface area contributed by atoms with Crippen LogP contribution in [0.1, 0.15) is 16.8 Å². The summed E-state index contributed by atoms with van der Waals surface area (Å²) in [6.45, 7) is 0.399. The monoisotopic (exact) mass is 256 g/mol. The Morgan fingerprint density at radius 3 is 3.00 bits per heavy atom. The van der Waals surface area contributed by atoms with Crippen LogP contribution < -0.4 is 0 Å². The van der Waals surface area contributed by atoms with E-state index in [-0.39, 0.29) is 12.4 Å². The number of hydrogen-bond acceptors (Lipinski definition) is 5. The predicted octanol–water partition coefficient (Wildman–Crippen LogP) is 0.914. The van der Waals surface area contributed by atoms with Crippen molar-refractivity contribution >= 4 is 5.97 Å². The van der Waals surface area contributed by atoms with E-state index in [2.05, 4.69) is 21.1 Å². The molecular weight excluding hydrogens is 244 g/mol. The summed E-state index contributed by atoms with van der Waals surface area (Å²) in [7, 11) is 1.33. The maximum atomic E-state index is 11.3. The Balaban J connectivity index is 2.22. The maximum absolute atomic E-state index is 11.3. The molecule has 0 bridgehead atoms. The number of hydrogen-bond donors (Lipinski definition) is 0. The molecule has 1 heterocycles. The van der Waals surface area contributed by atoms with Crippen LogP contribution >= 0.6 is 0 Å². The molecule has 0 amide bonds. The number of carbonyl (C=O) groups excluding carboxylic acids is 1. The Kier molecular flexibility index (Phi) is 3.88. The van der Waals surface area contributed by atoms with Gasteiger partial charge in [-0.2, -0.15) is 5.26 Å². The molecule has 0 spiro atoms. The second-order valence-corrected chi connectivity index (χ2v) is 3.90. The van der Waals surface area contributed by atoms with Crippen LogP contribution in [-0.2, 0) is 22.5 Å². The Bertz CT molecular complexity index is 628. The van der Waals surface area contributed by atoms with Gasteiger partial charge in [0.2, 0.25) is 0 Å². The summed E-state index contributed by atoms with van der Waals surface area (Å²) in [5.41, 5.74) is 2.07. The zero-order valence-electron chi connectivity index (χ0n) is 10.4. The minimum Gasteiger partial charge on any atom is -0.469 e. The van der Waals surface area contributed by atoms with Crippen molar-refractivity contribution in [1.29, 1.82) is 5.26 Å². The third kappa shape index (κ3) is 2.96. The van der Waals surface area contributed by atoms with Crippen molar-refractivity contribution in [2.75, 3.05) is 7.11 Å². The molecule has 2 aromatic rings. The third-order valence-corrected chi connectivity index (χ3v) is 2.71. The zero-order valence-corrected chi connectivity index (χ0v) is 10.4. The van der Waals surface area contributed by atoms with Gasteiger partial charge >= 0.3 is 5.97 Å². The van der Waals surface area contributed by atoms with Crippen LogP contribution in [0.2, 0.25) is 0 Å². The fourth-order valence-electron chi connectivity index (χ4n) is 1.70. The fourth-order valence-corrected chi connectivity index (χ4v) is 1.70. The van der Waals surface area contributed by atoms with E-state index in [9.17, 15) is 4.79 Å². The summed E-state index contributed by atoms with van der Waals surface area (Å²) >= 11 is 0. The van der Waals surface area contributed by atoms with Crippen molar-refractivity contribution in [1.82, 2.24) is 15.0 Å². The number of nitriles is 1. The molecule has 6 heteroatoms. The van der Waals surface area contributed by atoms with E-state index in [1.807, 2.05) is 12.1 Å². The van der Waals surface area contributed by atoms with Crippen molar-refractivity contribution in [3.05, 3.63) is 47.3 Å². The first kappa shape index (κ1) is 12.8. The van der Waals surface area contributed by atoms with E-state index >= 15 is 0 Å². The Labute approximate surface area is 110 Å². The lowest BCUT2D eigenvalue weighted by molar-refractivity contribution is -0.139. The van der Waals surface area contributed by atoms with Crippen LogP contribution in [0, 0.1) is 11.3 Å². The molecule has 0 N–H and O–H groups in total. The van der Waals surface area contributed by atoms with Gasteiger partial charge in [-0.3, -0.25) is 4.79 Å². The van der Waals surface area contributed by atoms with Crippen LogP contribution in [0.5, 0.6) is 0 Å². The molecular formula is C13H12N4O2. The molecule has 0 aliphatic heterocycles. The molecule has 96 valence electrons. The van der Waals surface area contributed by atoms with E-state index in [1.165, 1.54) is 13.3 Å². The Morgan fingerprint density at radius 2 is 2.26 bits per heavy atom. The number of esters is 1. The molecule has 19 heavy (non-hydrogen) atoms. The van der Waals surface area contributed by atoms with E-state index < -0.39 is 0 Å². The first-order valence-electron chi connectivity index (χ1n) is 5.66. The van der Waals surface area contributed by atoms with Gasteiger partial charge in [-0.15, -0.1) is 5.10 Å². The minimum atomic E-state index is -0.350. The van der Waals surface area contributed by atoms with E-state index in [0.717, 1.165) is 5.56 Å². The van der Waals surface area contributed by atoms with Crippen molar-refractivity contribution in [2.45, 2.75) is 13.0 Å². The van der Waals surface area contributed by atoms with Gasteiger partial charge in [-0.1, -0.05) is 23.4 Å². The fraction of sp³-hybridized carbons (Fsp3) is 0.231. The lowest BCUT2D eigenvalue weighted by atomic mass is 10.1. The highest BCUT2D eigenvalue weighted by Gasteiger charge is 2.11. The number of carbonyl (C=O) groups is 1. The number of nitrogens with zero attached hydrogens (tertiary/aromatic N) is 4. The predicted molar refractivity (Wildman–Crippen MR) is 66.0 cm³/mol. The molecule has 0 unspecified atom stereocenters. The summed E-state index contributed by atoms with van der Waals surface area (Å²) < 4.78 is 6.20. The Hall–Kier alpha value is -2.68. The number of aromatic nitrogens is 3. The highest BCUT2D eigenvalue weighted by Crippen LogP contribution is 2.10. The molecule has 1 aromatic heterocycles. The van der Waals surface area contributed by atoms with Crippen molar-refractivity contribution < 1.29 is 9.53 Å². The lowest BCUT2D eigenvalue weighted by Gasteiger charge is -2.06. The van der Waals surface area contributed by atoms with Gasteiger partial charge in [0.15, 0.2) is 0 Å². The van der Waals surface area contributed by atoms with E-state index in [4.69, 9.17) is 5.26 Å². The van der Waals surface area contributed by atoms with Gasteiger partial charge in [0.1, 0.15) is 0 Å². The second-order valence-electron chi connectivity index (χ2n) is 3.90. The first-order chi connectivity index (χ1) is 9.24. The third-order valence-electron chi connectivity index (χ3n) is 2.71. The van der Waals surface area contributed by atoms with Crippen molar-refractivity contribution in [2.24, 2.45) is 0 Å². The van der Waals surface area contributed by atoms with E-state index in [0.29, 0.717) is 17.8 Å². The summed E-state index contributed by atoms with van der Waals surface area (Å²) in [6.07, 6.45) is 1.63. The Morgan fingerprint density at radius 1 is 1.47 bits per heavy atom. The molecule has 0 aliphatic rings. The highest BCUT2D eigenvalue weighted by molar-refractivity contribution is 5.71. The number of rotatable bonds is 4. The zero-order chi connectivity index (χ0) is 13.7. The average molecular weight is 256 g/mol. The largest absolute Gasteiger partial charge is 0.469 e. The van der Waals surface area contributed by atoms with Gasteiger partial charge in [0.05, 0.1) is 43.6 Å². The molecule has 0 saturated carbocycles. The van der Waals surface area contributed by atoms with Crippen LogP contribution in [0.15, 0.2) is 30.5 Å². The summed E-state index contributed by atoms with van der Waals surface area (Å²) in [6, 6.07) is 9.38. The maximum Gasteiger partial charge on any atom is 0.311 e. The molecule has 0 fully saturated rings. The average Bonchev–Trinajstić information content (AvgIpc) is 2.86. The molecule has 1 aromatic carbocycles. The van der Waals surface area contributed by atoms with Crippen LogP contribution in [-0.4, -0.2) is 28.1 Å². The number of ether oxygens (including phenoxy) is 1. The van der Waals surface area contributed by atoms with Crippen LogP contribution in [0.3, 0.4) is 0 Å². The minimum absolute atomic E-state index is 0.109. The quantitative estimate of drug-likeness (QED) is 0.759. The molecule has 0 radical (unpaired) electrons.